The monoisotopic (exact) mass is 301 g/mol. The van der Waals surface area contributed by atoms with E-state index in [2.05, 4.69) is 26.8 Å². The Morgan fingerprint density at radius 2 is 1.90 bits per heavy atom. The first-order valence-corrected chi connectivity index (χ1v) is 6.72. The Bertz CT molecular complexity index is 703. The van der Waals surface area contributed by atoms with Crippen molar-refractivity contribution in [3.05, 3.63) is 40.3 Å². The Morgan fingerprint density at radius 1 is 1.19 bits per heavy atom. The number of hydrogen-bond donors (Lipinski definition) is 2. The molecular formula is C15H16ClN5. The minimum Gasteiger partial charge on any atom is -0.382 e. The largest absolute Gasteiger partial charge is 0.382 e. The zero-order valence-electron chi connectivity index (χ0n) is 12.1. The lowest BCUT2D eigenvalue weighted by molar-refractivity contribution is 0.694. The summed E-state index contributed by atoms with van der Waals surface area (Å²) in [4.78, 5) is 12.1. The summed E-state index contributed by atoms with van der Waals surface area (Å²) < 4.78 is 0. The van der Waals surface area contributed by atoms with E-state index in [1.165, 1.54) is 0 Å². The molecule has 21 heavy (non-hydrogen) atoms. The SMILES string of the molecule is Cc1nc(N)nc(N)c1C#CC(C)(C)c1ccc(Cl)nc1. The zero-order chi connectivity index (χ0) is 15.6. The number of rotatable bonds is 1. The Hall–Kier alpha value is -2.32. The number of nitrogens with zero attached hydrogens (tertiary/aromatic N) is 3. The molecule has 0 aliphatic carbocycles. The molecule has 0 spiro atoms. The molecular weight excluding hydrogens is 286 g/mol. The second kappa shape index (κ2) is 5.58. The first-order valence-electron chi connectivity index (χ1n) is 6.34. The zero-order valence-corrected chi connectivity index (χ0v) is 12.9. The fourth-order valence-corrected chi connectivity index (χ4v) is 1.92. The minimum absolute atomic E-state index is 0.150. The third-order valence-electron chi connectivity index (χ3n) is 3.08. The quantitative estimate of drug-likeness (QED) is 0.623. The number of anilines is 2. The van der Waals surface area contributed by atoms with Gasteiger partial charge in [0.2, 0.25) is 5.95 Å². The number of halogens is 1. The molecule has 2 rings (SSSR count). The van der Waals surface area contributed by atoms with E-state index in [4.69, 9.17) is 23.1 Å². The molecule has 0 aliphatic heterocycles. The van der Waals surface area contributed by atoms with E-state index in [0.717, 1.165) is 5.56 Å². The van der Waals surface area contributed by atoms with E-state index in [1.807, 2.05) is 19.9 Å². The van der Waals surface area contributed by atoms with Crippen molar-refractivity contribution < 1.29 is 0 Å². The molecule has 2 aromatic heterocycles. The van der Waals surface area contributed by atoms with Crippen molar-refractivity contribution in [3.63, 3.8) is 0 Å². The van der Waals surface area contributed by atoms with Crippen LogP contribution in [0.1, 0.15) is 30.7 Å². The molecule has 0 unspecified atom stereocenters. The molecule has 0 atom stereocenters. The van der Waals surface area contributed by atoms with Crippen LogP contribution < -0.4 is 11.5 Å². The summed E-state index contributed by atoms with van der Waals surface area (Å²) in [6, 6.07) is 3.64. The van der Waals surface area contributed by atoms with Gasteiger partial charge in [0.25, 0.3) is 0 Å². The third kappa shape index (κ3) is 3.41. The van der Waals surface area contributed by atoms with Gasteiger partial charge in [-0.2, -0.15) is 4.98 Å². The number of pyridine rings is 1. The number of aromatic nitrogens is 3. The lowest BCUT2D eigenvalue weighted by atomic mass is 9.86. The molecule has 0 aliphatic rings. The highest BCUT2D eigenvalue weighted by Crippen LogP contribution is 2.23. The number of hydrogen-bond acceptors (Lipinski definition) is 5. The van der Waals surface area contributed by atoms with Gasteiger partial charge in [-0.15, -0.1) is 0 Å². The highest BCUT2D eigenvalue weighted by Gasteiger charge is 2.18. The van der Waals surface area contributed by atoms with Gasteiger partial charge < -0.3 is 11.5 Å². The molecule has 2 aromatic rings. The molecule has 108 valence electrons. The van der Waals surface area contributed by atoms with Crippen LogP contribution in [0.3, 0.4) is 0 Å². The summed E-state index contributed by atoms with van der Waals surface area (Å²) in [5.74, 6) is 6.66. The van der Waals surface area contributed by atoms with Crippen LogP contribution in [0.4, 0.5) is 11.8 Å². The molecule has 0 saturated carbocycles. The van der Waals surface area contributed by atoms with Gasteiger partial charge in [-0.25, -0.2) is 9.97 Å². The van der Waals surface area contributed by atoms with E-state index in [9.17, 15) is 0 Å². The van der Waals surface area contributed by atoms with Gasteiger partial charge in [-0.3, -0.25) is 0 Å². The first-order chi connectivity index (χ1) is 9.79. The maximum Gasteiger partial charge on any atom is 0.222 e. The average molecular weight is 302 g/mol. The van der Waals surface area contributed by atoms with Crippen LogP contribution in [-0.4, -0.2) is 15.0 Å². The summed E-state index contributed by atoms with van der Waals surface area (Å²) in [5.41, 5.74) is 13.2. The summed E-state index contributed by atoms with van der Waals surface area (Å²) >= 11 is 5.80. The fraction of sp³-hybridized carbons (Fsp3) is 0.267. The highest BCUT2D eigenvalue weighted by atomic mass is 35.5. The van der Waals surface area contributed by atoms with Crippen LogP contribution in [-0.2, 0) is 5.41 Å². The fourth-order valence-electron chi connectivity index (χ4n) is 1.81. The predicted molar refractivity (Wildman–Crippen MR) is 84.7 cm³/mol. The van der Waals surface area contributed by atoms with Crippen LogP contribution in [0.2, 0.25) is 5.15 Å². The molecule has 0 radical (unpaired) electrons. The van der Waals surface area contributed by atoms with Gasteiger partial charge in [0, 0.05) is 6.20 Å². The average Bonchev–Trinajstić information content (AvgIpc) is 2.37. The topological polar surface area (TPSA) is 90.7 Å². The van der Waals surface area contributed by atoms with Crippen molar-refractivity contribution in [2.45, 2.75) is 26.2 Å². The maximum atomic E-state index is 5.85. The maximum absolute atomic E-state index is 5.85. The van der Waals surface area contributed by atoms with Crippen LogP contribution in [0.25, 0.3) is 0 Å². The molecule has 6 heteroatoms. The summed E-state index contributed by atoms with van der Waals surface area (Å²) in [6.45, 7) is 5.79. The Balaban J connectivity index is 2.40. The Morgan fingerprint density at radius 3 is 2.48 bits per heavy atom. The Kier molecular flexibility index (Phi) is 4.01. The van der Waals surface area contributed by atoms with Crippen molar-refractivity contribution in [2.24, 2.45) is 0 Å². The second-order valence-corrected chi connectivity index (χ2v) is 5.56. The molecule has 2 heterocycles. The molecule has 5 nitrogen and oxygen atoms in total. The van der Waals surface area contributed by atoms with E-state index < -0.39 is 5.41 Å². The number of nitrogens with two attached hydrogens (primary N) is 2. The Labute approximate surface area is 128 Å². The normalized spacial score (nSPS) is 10.9. The third-order valence-corrected chi connectivity index (χ3v) is 3.31. The van der Waals surface area contributed by atoms with Crippen molar-refractivity contribution in [3.8, 4) is 11.8 Å². The lowest BCUT2D eigenvalue weighted by Gasteiger charge is -2.17. The van der Waals surface area contributed by atoms with Crippen molar-refractivity contribution in [2.75, 3.05) is 11.5 Å². The van der Waals surface area contributed by atoms with E-state index in [1.54, 1.807) is 19.2 Å². The first kappa shape index (κ1) is 15.1. The lowest BCUT2D eigenvalue weighted by Crippen LogP contribution is -2.15. The standard InChI is InChI=1S/C15H16ClN5/c1-9-11(13(17)21-14(18)20-9)6-7-15(2,3)10-4-5-12(16)19-8-10/h4-5,8H,1-3H3,(H4,17,18,20,21). The van der Waals surface area contributed by atoms with Crippen molar-refractivity contribution >= 4 is 23.4 Å². The molecule has 0 amide bonds. The molecule has 0 saturated heterocycles. The predicted octanol–water partition coefficient (Wildman–Crippen LogP) is 2.33. The van der Waals surface area contributed by atoms with E-state index in [-0.39, 0.29) is 11.8 Å². The van der Waals surface area contributed by atoms with Crippen molar-refractivity contribution in [1.82, 2.24) is 15.0 Å². The van der Waals surface area contributed by atoms with E-state index >= 15 is 0 Å². The van der Waals surface area contributed by atoms with E-state index in [0.29, 0.717) is 16.4 Å². The minimum atomic E-state index is -0.405. The molecule has 4 N–H and O–H groups in total. The van der Waals surface area contributed by atoms with Gasteiger partial charge in [-0.05, 0) is 32.4 Å². The highest BCUT2D eigenvalue weighted by molar-refractivity contribution is 6.29. The van der Waals surface area contributed by atoms with Gasteiger partial charge in [0.05, 0.1) is 16.7 Å². The second-order valence-electron chi connectivity index (χ2n) is 5.17. The van der Waals surface area contributed by atoms with Gasteiger partial charge in [-0.1, -0.05) is 29.5 Å². The number of aryl methyl sites for hydroxylation is 1. The summed E-state index contributed by atoms with van der Waals surface area (Å²) in [6.07, 6.45) is 1.71. The van der Waals surface area contributed by atoms with Crippen LogP contribution in [0, 0.1) is 18.8 Å². The summed E-state index contributed by atoms with van der Waals surface area (Å²) in [7, 11) is 0. The smallest absolute Gasteiger partial charge is 0.222 e. The van der Waals surface area contributed by atoms with Gasteiger partial charge in [0.1, 0.15) is 11.0 Å². The molecule has 0 fully saturated rings. The van der Waals surface area contributed by atoms with Crippen LogP contribution >= 0.6 is 11.6 Å². The molecule has 0 aromatic carbocycles. The summed E-state index contributed by atoms with van der Waals surface area (Å²) in [5, 5.41) is 0.453. The molecule has 0 bridgehead atoms. The van der Waals surface area contributed by atoms with Crippen LogP contribution in [0.5, 0.6) is 0 Å². The van der Waals surface area contributed by atoms with Crippen LogP contribution in [0.15, 0.2) is 18.3 Å². The van der Waals surface area contributed by atoms with Gasteiger partial charge >= 0.3 is 0 Å². The number of nitrogen functional groups attached to an aromatic ring is 2. The van der Waals surface area contributed by atoms with Crippen molar-refractivity contribution in [1.29, 1.82) is 0 Å². The van der Waals surface area contributed by atoms with Gasteiger partial charge in [0.15, 0.2) is 0 Å².